The summed E-state index contributed by atoms with van der Waals surface area (Å²) in [7, 11) is 1.86. The minimum atomic E-state index is 0.0988. The lowest BCUT2D eigenvalue weighted by Crippen LogP contribution is -2.38. The molecule has 0 atom stereocenters. The second-order valence-electron chi connectivity index (χ2n) is 4.51. The van der Waals surface area contributed by atoms with Crippen LogP contribution in [0.3, 0.4) is 0 Å². The average molecular weight is 300 g/mol. The minimum absolute atomic E-state index is 0.0988. The van der Waals surface area contributed by atoms with Gasteiger partial charge in [-0.25, -0.2) is 10.8 Å². The summed E-state index contributed by atoms with van der Waals surface area (Å²) in [5.74, 6) is 5.97. The number of aromatic nitrogens is 1. The largest absolute Gasteiger partial charge is 0.342 e. The Morgan fingerprint density at radius 2 is 2.05 bits per heavy atom. The zero-order valence-corrected chi connectivity index (χ0v) is 12.9. The highest BCUT2D eigenvalue weighted by Crippen LogP contribution is 2.17. The Bertz CT molecular complexity index is 450. The fourth-order valence-corrected chi connectivity index (χ4v) is 2.06. The Kier molecular flexibility index (Phi) is 6.70. The van der Waals surface area contributed by atoms with E-state index in [1.54, 1.807) is 17.0 Å². The van der Waals surface area contributed by atoms with Gasteiger partial charge in [-0.15, -0.1) is 0 Å². The number of nitrogens with two attached hydrogens (primary N) is 1. The van der Waals surface area contributed by atoms with E-state index in [2.05, 4.69) is 10.4 Å². The molecule has 0 aliphatic carbocycles. The Hall–Kier alpha value is -1.37. The maximum Gasteiger partial charge on any atom is 0.236 e. The third-order valence-electron chi connectivity index (χ3n) is 3.01. The molecule has 0 bridgehead atoms. The van der Waals surface area contributed by atoms with Gasteiger partial charge in [-0.1, -0.05) is 11.6 Å². The van der Waals surface area contributed by atoms with Gasteiger partial charge in [-0.3, -0.25) is 9.69 Å². The highest BCUT2D eigenvalue weighted by Gasteiger charge is 2.14. The summed E-state index contributed by atoms with van der Waals surface area (Å²) >= 11 is 6.10. The molecule has 0 saturated heterocycles. The number of anilines is 1. The van der Waals surface area contributed by atoms with Gasteiger partial charge in [-0.2, -0.15) is 0 Å². The van der Waals surface area contributed by atoms with E-state index in [1.807, 2.05) is 25.8 Å². The van der Waals surface area contributed by atoms with Crippen molar-refractivity contribution in [2.45, 2.75) is 20.4 Å². The van der Waals surface area contributed by atoms with Crippen LogP contribution in [0.1, 0.15) is 19.5 Å². The first-order valence-electron chi connectivity index (χ1n) is 6.60. The number of nitrogen functional groups attached to an aromatic ring is 1. The fourth-order valence-electron chi connectivity index (χ4n) is 1.89. The number of rotatable bonds is 7. The standard InChI is InChI=1S/C13H22ClN5O/c1-4-19(5-2)13(20)9-18(3)8-11-10(14)6-7-12(16-11)17-15/h6-7H,4-5,8-9,15H2,1-3H3,(H,16,17). The van der Waals surface area contributed by atoms with Gasteiger partial charge in [0.1, 0.15) is 5.82 Å². The summed E-state index contributed by atoms with van der Waals surface area (Å²) in [5, 5.41) is 0.561. The second-order valence-corrected chi connectivity index (χ2v) is 4.91. The van der Waals surface area contributed by atoms with Crippen molar-refractivity contribution in [2.75, 3.05) is 32.1 Å². The normalized spacial score (nSPS) is 10.7. The van der Waals surface area contributed by atoms with E-state index in [9.17, 15) is 4.79 Å². The highest BCUT2D eigenvalue weighted by atomic mass is 35.5. The number of likely N-dealkylation sites (N-methyl/N-ethyl adjacent to an activating group) is 2. The number of hydrogen-bond acceptors (Lipinski definition) is 5. The molecule has 0 unspecified atom stereocenters. The highest BCUT2D eigenvalue weighted by molar-refractivity contribution is 6.31. The predicted molar refractivity (Wildman–Crippen MR) is 81.3 cm³/mol. The predicted octanol–water partition coefficient (Wildman–Crippen LogP) is 1.32. The van der Waals surface area contributed by atoms with Crippen LogP contribution in [0.5, 0.6) is 0 Å². The molecule has 1 rings (SSSR count). The number of pyridine rings is 1. The lowest BCUT2D eigenvalue weighted by atomic mass is 10.3. The van der Waals surface area contributed by atoms with Crippen LogP contribution in [0.15, 0.2) is 12.1 Å². The number of hydrazine groups is 1. The van der Waals surface area contributed by atoms with Gasteiger partial charge in [0, 0.05) is 19.6 Å². The Balaban J connectivity index is 2.66. The molecule has 0 aromatic carbocycles. The number of nitrogens with zero attached hydrogens (tertiary/aromatic N) is 3. The van der Waals surface area contributed by atoms with Crippen molar-refractivity contribution in [3.63, 3.8) is 0 Å². The first kappa shape index (κ1) is 16.7. The van der Waals surface area contributed by atoms with Gasteiger partial charge in [-0.05, 0) is 33.0 Å². The molecule has 0 radical (unpaired) electrons. The summed E-state index contributed by atoms with van der Waals surface area (Å²) in [6.45, 7) is 6.19. The molecule has 1 aromatic heterocycles. The zero-order chi connectivity index (χ0) is 15.1. The molecule has 0 saturated carbocycles. The summed E-state index contributed by atoms with van der Waals surface area (Å²) in [5.41, 5.74) is 3.17. The third kappa shape index (κ3) is 4.63. The van der Waals surface area contributed by atoms with Crippen LogP contribution in [0.2, 0.25) is 5.02 Å². The van der Waals surface area contributed by atoms with E-state index in [0.717, 1.165) is 13.1 Å². The molecule has 1 heterocycles. The molecule has 1 amide bonds. The monoisotopic (exact) mass is 299 g/mol. The van der Waals surface area contributed by atoms with Crippen molar-refractivity contribution in [1.29, 1.82) is 0 Å². The van der Waals surface area contributed by atoms with Crippen molar-refractivity contribution < 1.29 is 4.79 Å². The van der Waals surface area contributed by atoms with Gasteiger partial charge in [0.25, 0.3) is 0 Å². The SMILES string of the molecule is CCN(CC)C(=O)CN(C)Cc1nc(NN)ccc1Cl. The summed E-state index contributed by atoms with van der Waals surface area (Å²) in [4.78, 5) is 20.0. The van der Waals surface area contributed by atoms with Crippen LogP contribution in [0, 0.1) is 0 Å². The Labute approximate surface area is 124 Å². The van der Waals surface area contributed by atoms with Crippen molar-refractivity contribution in [1.82, 2.24) is 14.8 Å². The molecule has 6 nitrogen and oxygen atoms in total. The van der Waals surface area contributed by atoms with Crippen LogP contribution in [-0.2, 0) is 11.3 Å². The first-order valence-corrected chi connectivity index (χ1v) is 6.97. The molecule has 0 aliphatic heterocycles. The molecule has 0 spiro atoms. The van der Waals surface area contributed by atoms with E-state index < -0.39 is 0 Å². The van der Waals surface area contributed by atoms with Gasteiger partial charge >= 0.3 is 0 Å². The van der Waals surface area contributed by atoms with Gasteiger partial charge in [0.2, 0.25) is 5.91 Å². The van der Waals surface area contributed by atoms with Crippen molar-refractivity contribution >= 4 is 23.3 Å². The lowest BCUT2D eigenvalue weighted by Gasteiger charge is -2.23. The number of halogens is 1. The zero-order valence-electron chi connectivity index (χ0n) is 12.2. The molecular weight excluding hydrogens is 278 g/mol. The third-order valence-corrected chi connectivity index (χ3v) is 3.35. The maximum absolute atomic E-state index is 12.0. The summed E-state index contributed by atoms with van der Waals surface area (Å²) in [6.07, 6.45) is 0. The number of carbonyl (C=O) groups is 1. The second kappa shape index (κ2) is 8.04. The average Bonchev–Trinajstić information content (AvgIpc) is 2.42. The molecule has 0 aliphatic rings. The summed E-state index contributed by atoms with van der Waals surface area (Å²) < 4.78 is 0. The number of hydrogen-bond donors (Lipinski definition) is 2. The van der Waals surface area contributed by atoms with E-state index in [1.165, 1.54) is 0 Å². The van der Waals surface area contributed by atoms with E-state index >= 15 is 0 Å². The molecule has 3 N–H and O–H groups in total. The maximum atomic E-state index is 12.0. The van der Waals surface area contributed by atoms with Crippen LogP contribution >= 0.6 is 11.6 Å². The van der Waals surface area contributed by atoms with E-state index in [-0.39, 0.29) is 5.91 Å². The fraction of sp³-hybridized carbons (Fsp3) is 0.538. The Morgan fingerprint density at radius 3 is 2.60 bits per heavy atom. The van der Waals surface area contributed by atoms with Gasteiger partial charge in [0.15, 0.2) is 0 Å². The van der Waals surface area contributed by atoms with Crippen molar-refractivity contribution in [2.24, 2.45) is 5.84 Å². The number of amides is 1. The van der Waals surface area contributed by atoms with Gasteiger partial charge in [0.05, 0.1) is 17.3 Å². The van der Waals surface area contributed by atoms with Crippen LogP contribution in [0.25, 0.3) is 0 Å². The molecule has 20 heavy (non-hydrogen) atoms. The van der Waals surface area contributed by atoms with E-state index in [4.69, 9.17) is 17.4 Å². The lowest BCUT2D eigenvalue weighted by molar-refractivity contribution is -0.131. The molecule has 7 heteroatoms. The van der Waals surface area contributed by atoms with E-state index in [0.29, 0.717) is 29.6 Å². The van der Waals surface area contributed by atoms with Crippen LogP contribution in [0.4, 0.5) is 5.82 Å². The smallest absolute Gasteiger partial charge is 0.236 e. The number of nitrogens with one attached hydrogen (secondary N) is 1. The molecule has 1 aromatic rings. The van der Waals surface area contributed by atoms with Crippen molar-refractivity contribution in [3.05, 3.63) is 22.8 Å². The Morgan fingerprint density at radius 1 is 1.40 bits per heavy atom. The summed E-state index contributed by atoms with van der Waals surface area (Å²) in [6, 6.07) is 3.44. The molecular formula is C13H22ClN5O. The van der Waals surface area contributed by atoms with Crippen molar-refractivity contribution in [3.8, 4) is 0 Å². The topological polar surface area (TPSA) is 74.5 Å². The molecule has 112 valence electrons. The van der Waals surface area contributed by atoms with Crippen LogP contribution < -0.4 is 11.3 Å². The van der Waals surface area contributed by atoms with Crippen LogP contribution in [-0.4, -0.2) is 47.4 Å². The minimum Gasteiger partial charge on any atom is -0.342 e. The first-order chi connectivity index (χ1) is 9.51. The molecule has 0 fully saturated rings. The number of carbonyl (C=O) groups excluding carboxylic acids is 1. The van der Waals surface area contributed by atoms with Gasteiger partial charge < -0.3 is 10.3 Å². The quantitative estimate of drug-likeness (QED) is 0.587.